The zero-order chi connectivity index (χ0) is 9.12. The van der Waals surface area contributed by atoms with Crippen LogP contribution in [0.3, 0.4) is 0 Å². The van der Waals surface area contributed by atoms with Gasteiger partial charge >= 0.3 is 0 Å². The van der Waals surface area contributed by atoms with Crippen LogP contribution in [0.15, 0.2) is 0 Å². The van der Waals surface area contributed by atoms with Gasteiger partial charge in [-0.3, -0.25) is 0 Å². The molecule has 0 heterocycles. The van der Waals surface area contributed by atoms with Gasteiger partial charge in [-0.1, -0.05) is 32.1 Å². The van der Waals surface area contributed by atoms with Gasteiger partial charge in [0.15, 0.2) is 0 Å². The van der Waals surface area contributed by atoms with Crippen LogP contribution in [0.1, 0.15) is 26.7 Å². The molecule has 68 valence electrons. The molecule has 0 radical (unpaired) electrons. The first kappa shape index (κ1) is 11.2. The molecule has 0 aliphatic heterocycles. The molecule has 0 amide bonds. The molecule has 0 rings (SSSR count). The van der Waals surface area contributed by atoms with Crippen LogP contribution in [-0.4, -0.2) is 13.6 Å². The van der Waals surface area contributed by atoms with Crippen molar-refractivity contribution in [2.75, 3.05) is 0 Å². The fraction of sp³-hybridized carbons (Fsp3) is 1.00. The van der Waals surface area contributed by atoms with Crippen LogP contribution in [0.25, 0.3) is 0 Å². The van der Waals surface area contributed by atoms with Crippen molar-refractivity contribution in [2.24, 2.45) is 5.73 Å². The molecule has 0 atom stereocenters. The van der Waals surface area contributed by atoms with E-state index >= 15 is 0 Å². The third-order valence-electron chi connectivity index (χ3n) is 1.75. The molecule has 0 aliphatic carbocycles. The molecule has 0 aromatic carbocycles. The van der Waals surface area contributed by atoms with E-state index in [1.54, 1.807) is 0 Å². The molecule has 0 aromatic heterocycles. The van der Waals surface area contributed by atoms with E-state index in [-0.39, 0.29) is 5.54 Å². The summed E-state index contributed by atoms with van der Waals surface area (Å²) in [6.45, 7) is 11.5. The second-order valence-electron chi connectivity index (χ2n) is 5.40. The average Bonchev–Trinajstić information content (AvgIpc) is 1.55. The fourth-order valence-electron chi connectivity index (χ4n) is 1.07. The highest BCUT2D eigenvalue weighted by Gasteiger charge is 2.15. The molecule has 0 spiro atoms. The molecule has 0 fully saturated rings. The van der Waals surface area contributed by atoms with Gasteiger partial charge in [0, 0.05) is 13.6 Å². The molecule has 2 heteroatoms. The van der Waals surface area contributed by atoms with E-state index in [4.69, 9.17) is 5.73 Å². The molecular weight excluding hydrogens is 150 g/mol. The highest BCUT2D eigenvalue weighted by molar-refractivity contribution is 6.76. The van der Waals surface area contributed by atoms with E-state index in [9.17, 15) is 0 Å². The summed E-state index contributed by atoms with van der Waals surface area (Å²) < 4.78 is 0. The Labute approximate surface area is 72.4 Å². The van der Waals surface area contributed by atoms with E-state index in [1.807, 2.05) is 0 Å². The largest absolute Gasteiger partial charge is 0.326 e. The Kier molecular flexibility index (Phi) is 3.78. The highest BCUT2D eigenvalue weighted by Crippen LogP contribution is 2.16. The highest BCUT2D eigenvalue weighted by atomic mass is 28.3. The summed E-state index contributed by atoms with van der Waals surface area (Å²) in [4.78, 5) is 0. The molecule has 0 unspecified atom stereocenters. The second kappa shape index (κ2) is 3.72. The van der Waals surface area contributed by atoms with Gasteiger partial charge in [-0.15, -0.1) is 0 Å². The number of nitrogens with two attached hydrogens (primary N) is 1. The van der Waals surface area contributed by atoms with E-state index < -0.39 is 8.07 Å². The SMILES string of the molecule is CC(C)(N)CCC[Si](C)(C)C. The molecule has 0 bridgehead atoms. The lowest BCUT2D eigenvalue weighted by Gasteiger charge is -2.21. The molecule has 1 nitrogen and oxygen atoms in total. The Morgan fingerprint density at radius 2 is 1.64 bits per heavy atom. The smallest absolute Gasteiger partial charge is 0.0442 e. The Hall–Kier alpha value is 0.177. The van der Waals surface area contributed by atoms with Crippen LogP contribution in [0.5, 0.6) is 0 Å². The van der Waals surface area contributed by atoms with Crippen LogP contribution in [0, 0.1) is 0 Å². The standard InChI is InChI=1S/C9H23NSi/c1-9(2,10)7-6-8-11(3,4)5/h6-8,10H2,1-5H3. The lowest BCUT2D eigenvalue weighted by atomic mass is 10.0. The van der Waals surface area contributed by atoms with Gasteiger partial charge in [0.2, 0.25) is 0 Å². The minimum atomic E-state index is -0.813. The first-order chi connectivity index (χ1) is 4.71. The average molecular weight is 173 g/mol. The van der Waals surface area contributed by atoms with Gasteiger partial charge in [0.25, 0.3) is 0 Å². The number of rotatable bonds is 4. The zero-order valence-corrected chi connectivity index (χ0v) is 9.70. The molecule has 0 aromatic rings. The molecule has 2 N–H and O–H groups in total. The Morgan fingerprint density at radius 3 is 1.91 bits per heavy atom. The summed E-state index contributed by atoms with van der Waals surface area (Å²) in [6, 6.07) is 1.41. The second-order valence-corrected chi connectivity index (χ2v) is 11.0. The van der Waals surface area contributed by atoms with Crippen molar-refractivity contribution in [3.8, 4) is 0 Å². The maximum Gasteiger partial charge on any atom is 0.0442 e. The van der Waals surface area contributed by atoms with E-state index in [1.165, 1.54) is 12.5 Å². The Morgan fingerprint density at radius 1 is 1.18 bits per heavy atom. The van der Waals surface area contributed by atoms with Gasteiger partial charge in [-0.2, -0.15) is 0 Å². The van der Waals surface area contributed by atoms with Crippen molar-refractivity contribution in [3.63, 3.8) is 0 Å². The summed E-state index contributed by atoms with van der Waals surface area (Å²) in [6.07, 6.45) is 2.47. The minimum absolute atomic E-state index is 0.0413. The number of hydrogen-bond donors (Lipinski definition) is 1. The zero-order valence-electron chi connectivity index (χ0n) is 8.70. The molecular formula is C9H23NSi. The third-order valence-corrected chi connectivity index (χ3v) is 3.60. The predicted octanol–water partition coefficient (Wildman–Crippen LogP) is 2.84. The lowest BCUT2D eigenvalue weighted by molar-refractivity contribution is 0.469. The minimum Gasteiger partial charge on any atom is -0.326 e. The summed E-state index contributed by atoms with van der Waals surface area (Å²) in [7, 11) is -0.813. The van der Waals surface area contributed by atoms with Crippen molar-refractivity contribution < 1.29 is 0 Å². The summed E-state index contributed by atoms with van der Waals surface area (Å²) in [5.74, 6) is 0. The first-order valence-electron chi connectivity index (χ1n) is 4.50. The quantitative estimate of drug-likeness (QED) is 0.650. The van der Waals surface area contributed by atoms with Crippen LogP contribution in [0.4, 0.5) is 0 Å². The topological polar surface area (TPSA) is 26.0 Å². The van der Waals surface area contributed by atoms with Gasteiger partial charge in [-0.25, -0.2) is 0 Å². The lowest BCUT2D eigenvalue weighted by Crippen LogP contribution is -2.32. The van der Waals surface area contributed by atoms with Crippen molar-refractivity contribution in [1.82, 2.24) is 0 Å². The fourth-order valence-corrected chi connectivity index (χ4v) is 2.31. The van der Waals surface area contributed by atoms with Crippen molar-refractivity contribution in [2.45, 2.75) is 57.9 Å². The number of hydrogen-bond acceptors (Lipinski definition) is 1. The van der Waals surface area contributed by atoms with Crippen molar-refractivity contribution in [3.05, 3.63) is 0 Å². The summed E-state index contributed by atoms with van der Waals surface area (Å²) in [5.41, 5.74) is 5.92. The molecule has 11 heavy (non-hydrogen) atoms. The van der Waals surface area contributed by atoms with Crippen LogP contribution in [-0.2, 0) is 0 Å². The predicted molar refractivity (Wildman–Crippen MR) is 55.7 cm³/mol. The van der Waals surface area contributed by atoms with E-state index in [0.29, 0.717) is 0 Å². The monoisotopic (exact) mass is 173 g/mol. The molecule has 0 saturated heterocycles. The Bertz CT molecular complexity index is 93.7. The van der Waals surface area contributed by atoms with Crippen molar-refractivity contribution in [1.29, 1.82) is 0 Å². The van der Waals surface area contributed by atoms with Gasteiger partial charge < -0.3 is 5.73 Å². The third kappa shape index (κ3) is 10.2. The van der Waals surface area contributed by atoms with Gasteiger partial charge in [0.1, 0.15) is 0 Å². The molecule has 0 aliphatic rings. The molecule has 0 saturated carbocycles. The van der Waals surface area contributed by atoms with Crippen LogP contribution >= 0.6 is 0 Å². The maximum absolute atomic E-state index is 5.88. The first-order valence-corrected chi connectivity index (χ1v) is 8.20. The van der Waals surface area contributed by atoms with Gasteiger partial charge in [-0.05, 0) is 20.3 Å². The van der Waals surface area contributed by atoms with Crippen LogP contribution in [0.2, 0.25) is 25.7 Å². The summed E-state index contributed by atoms with van der Waals surface area (Å²) in [5, 5.41) is 0. The van der Waals surface area contributed by atoms with Crippen molar-refractivity contribution >= 4 is 8.07 Å². The van der Waals surface area contributed by atoms with E-state index in [2.05, 4.69) is 33.5 Å². The normalized spacial score (nSPS) is 13.6. The Balaban J connectivity index is 3.44. The maximum atomic E-state index is 5.88. The summed E-state index contributed by atoms with van der Waals surface area (Å²) >= 11 is 0. The van der Waals surface area contributed by atoms with Crippen LogP contribution < -0.4 is 5.73 Å². The van der Waals surface area contributed by atoms with Gasteiger partial charge in [0.05, 0.1) is 0 Å². The van der Waals surface area contributed by atoms with E-state index in [0.717, 1.165) is 6.42 Å².